The number of carboxylic acids is 1. The first kappa shape index (κ1) is 15.3. The zero-order valence-electron chi connectivity index (χ0n) is 12.0. The van der Waals surface area contributed by atoms with Crippen molar-refractivity contribution in [1.82, 2.24) is 10.2 Å². The molecule has 2 N–H and O–H groups in total. The molecule has 2 aliphatic heterocycles. The predicted molar refractivity (Wildman–Crippen MR) is 73.4 cm³/mol. The average molecular weight is 284 g/mol. The van der Waals surface area contributed by atoms with Crippen molar-refractivity contribution in [3.8, 4) is 0 Å². The van der Waals surface area contributed by atoms with Gasteiger partial charge in [-0.05, 0) is 32.6 Å². The van der Waals surface area contributed by atoms with Gasteiger partial charge in [0.1, 0.15) is 0 Å². The molecule has 0 spiro atoms. The van der Waals surface area contributed by atoms with Crippen LogP contribution in [0, 0.1) is 5.92 Å². The van der Waals surface area contributed by atoms with Crippen LogP contribution in [-0.2, 0) is 14.3 Å². The highest BCUT2D eigenvalue weighted by Crippen LogP contribution is 2.17. The number of carbonyl (C=O) groups is 2. The summed E-state index contributed by atoms with van der Waals surface area (Å²) in [6.45, 7) is 4.25. The van der Waals surface area contributed by atoms with Gasteiger partial charge < -0.3 is 20.1 Å². The summed E-state index contributed by atoms with van der Waals surface area (Å²) in [6.07, 6.45) is 3.26. The van der Waals surface area contributed by atoms with E-state index in [-0.39, 0.29) is 17.9 Å². The molecular formula is C14H24N2O4. The van der Waals surface area contributed by atoms with E-state index in [2.05, 4.69) is 5.32 Å². The van der Waals surface area contributed by atoms with Gasteiger partial charge in [-0.1, -0.05) is 0 Å². The number of hydrogen-bond donors (Lipinski definition) is 2. The number of nitrogens with one attached hydrogen (secondary N) is 1. The molecule has 0 aromatic heterocycles. The van der Waals surface area contributed by atoms with E-state index in [1.807, 2.05) is 6.92 Å². The number of piperidine rings is 1. The van der Waals surface area contributed by atoms with Crippen LogP contribution < -0.4 is 5.32 Å². The van der Waals surface area contributed by atoms with Gasteiger partial charge in [0.2, 0.25) is 5.91 Å². The van der Waals surface area contributed by atoms with Crippen molar-refractivity contribution >= 4 is 11.9 Å². The smallest absolute Gasteiger partial charge is 0.306 e. The van der Waals surface area contributed by atoms with Gasteiger partial charge in [-0.2, -0.15) is 0 Å². The quantitative estimate of drug-likeness (QED) is 0.784. The van der Waals surface area contributed by atoms with E-state index in [9.17, 15) is 9.59 Å². The van der Waals surface area contributed by atoms with Gasteiger partial charge in [0.15, 0.2) is 0 Å². The predicted octanol–water partition coefficient (Wildman–Crippen LogP) is 0.467. The average Bonchev–Trinajstić information content (AvgIpc) is 2.45. The third kappa shape index (κ3) is 4.18. The van der Waals surface area contributed by atoms with E-state index in [1.54, 1.807) is 4.90 Å². The summed E-state index contributed by atoms with van der Waals surface area (Å²) in [6, 6.07) is 0.347. The largest absolute Gasteiger partial charge is 0.481 e. The zero-order chi connectivity index (χ0) is 14.5. The molecule has 114 valence electrons. The van der Waals surface area contributed by atoms with Gasteiger partial charge >= 0.3 is 5.97 Å². The fourth-order valence-corrected chi connectivity index (χ4v) is 2.90. The third-order valence-corrected chi connectivity index (χ3v) is 4.22. The van der Waals surface area contributed by atoms with Gasteiger partial charge in [0.05, 0.1) is 18.6 Å². The van der Waals surface area contributed by atoms with Crippen LogP contribution in [0.5, 0.6) is 0 Å². The fourth-order valence-electron chi connectivity index (χ4n) is 2.90. The van der Waals surface area contributed by atoms with Gasteiger partial charge in [-0.25, -0.2) is 0 Å². The maximum atomic E-state index is 12.1. The Morgan fingerprint density at radius 1 is 1.30 bits per heavy atom. The molecule has 6 heteroatoms. The summed E-state index contributed by atoms with van der Waals surface area (Å²) in [5.74, 6) is -0.956. The van der Waals surface area contributed by atoms with Crippen molar-refractivity contribution in [3.63, 3.8) is 0 Å². The highest BCUT2D eigenvalue weighted by atomic mass is 16.5. The first-order valence-electron chi connectivity index (χ1n) is 7.42. The monoisotopic (exact) mass is 284 g/mol. The fraction of sp³-hybridized carbons (Fsp3) is 0.857. The molecule has 0 bridgehead atoms. The van der Waals surface area contributed by atoms with Crippen molar-refractivity contribution in [3.05, 3.63) is 0 Å². The van der Waals surface area contributed by atoms with Gasteiger partial charge in [-0.15, -0.1) is 0 Å². The second-order valence-corrected chi connectivity index (χ2v) is 5.78. The maximum Gasteiger partial charge on any atom is 0.306 e. The molecule has 2 atom stereocenters. The SMILES string of the molecule is CC1CC(NCC(=O)N2CCC(C(=O)O)CC2)CCO1. The molecule has 6 nitrogen and oxygen atoms in total. The van der Waals surface area contributed by atoms with Crippen LogP contribution in [0.25, 0.3) is 0 Å². The van der Waals surface area contributed by atoms with Crippen molar-refractivity contribution < 1.29 is 19.4 Å². The number of aliphatic carboxylic acids is 1. The molecule has 0 aromatic carbocycles. The van der Waals surface area contributed by atoms with Crippen LogP contribution in [0.4, 0.5) is 0 Å². The molecule has 20 heavy (non-hydrogen) atoms. The highest BCUT2D eigenvalue weighted by molar-refractivity contribution is 5.79. The van der Waals surface area contributed by atoms with Crippen molar-refractivity contribution in [2.75, 3.05) is 26.2 Å². The molecular weight excluding hydrogens is 260 g/mol. The summed E-state index contributed by atoms with van der Waals surface area (Å²) in [5, 5.41) is 12.2. The first-order valence-corrected chi connectivity index (χ1v) is 7.42. The van der Waals surface area contributed by atoms with Crippen molar-refractivity contribution in [2.24, 2.45) is 5.92 Å². The Bertz CT molecular complexity index is 353. The first-order chi connectivity index (χ1) is 9.56. The molecule has 0 radical (unpaired) electrons. The summed E-state index contributed by atoms with van der Waals surface area (Å²) < 4.78 is 5.47. The number of amides is 1. The van der Waals surface area contributed by atoms with E-state index in [0.29, 0.717) is 38.5 Å². The molecule has 2 heterocycles. The third-order valence-electron chi connectivity index (χ3n) is 4.22. The van der Waals surface area contributed by atoms with Gasteiger partial charge in [-0.3, -0.25) is 9.59 Å². The Morgan fingerprint density at radius 3 is 2.60 bits per heavy atom. The van der Waals surface area contributed by atoms with Crippen LogP contribution in [0.1, 0.15) is 32.6 Å². The topological polar surface area (TPSA) is 78.9 Å². The molecule has 2 aliphatic rings. The molecule has 0 aliphatic carbocycles. The molecule has 0 saturated carbocycles. The van der Waals surface area contributed by atoms with E-state index < -0.39 is 5.97 Å². The molecule has 2 saturated heterocycles. The number of ether oxygens (including phenoxy) is 1. The Hall–Kier alpha value is -1.14. The lowest BCUT2D eigenvalue weighted by molar-refractivity contribution is -0.145. The number of likely N-dealkylation sites (tertiary alicyclic amines) is 1. The van der Waals surface area contributed by atoms with E-state index >= 15 is 0 Å². The maximum absolute atomic E-state index is 12.1. The van der Waals surface area contributed by atoms with Crippen LogP contribution >= 0.6 is 0 Å². The molecule has 1 amide bonds. The Labute approximate surface area is 119 Å². The molecule has 2 rings (SSSR count). The van der Waals surface area contributed by atoms with Gasteiger partial charge in [0.25, 0.3) is 0 Å². The molecule has 0 aromatic rings. The summed E-state index contributed by atoms with van der Waals surface area (Å²) in [4.78, 5) is 24.7. The Kier molecular flexibility index (Phi) is 5.37. The van der Waals surface area contributed by atoms with Crippen LogP contribution in [0.2, 0.25) is 0 Å². The van der Waals surface area contributed by atoms with E-state index in [1.165, 1.54) is 0 Å². The molecule has 2 unspecified atom stereocenters. The number of nitrogens with zero attached hydrogens (tertiary/aromatic N) is 1. The molecule has 2 fully saturated rings. The minimum atomic E-state index is -0.744. The van der Waals surface area contributed by atoms with Crippen LogP contribution in [0.15, 0.2) is 0 Å². The van der Waals surface area contributed by atoms with Gasteiger partial charge in [0, 0.05) is 25.7 Å². The minimum absolute atomic E-state index is 0.0768. The summed E-state index contributed by atoms with van der Waals surface area (Å²) in [5.41, 5.74) is 0. The number of hydrogen-bond acceptors (Lipinski definition) is 4. The number of carbonyl (C=O) groups excluding carboxylic acids is 1. The van der Waals surface area contributed by atoms with Crippen molar-refractivity contribution in [1.29, 1.82) is 0 Å². The minimum Gasteiger partial charge on any atom is -0.481 e. The lowest BCUT2D eigenvalue weighted by Crippen LogP contribution is -2.47. The van der Waals surface area contributed by atoms with Crippen molar-refractivity contribution in [2.45, 2.75) is 44.8 Å². The summed E-state index contributed by atoms with van der Waals surface area (Å²) >= 11 is 0. The number of carboxylic acid groups (broad SMARTS) is 1. The lowest BCUT2D eigenvalue weighted by Gasteiger charge is -2.32. The second kappa shape index (κ2) is 7.04. The van der Waals surface area contributed by atoms with Crippen LogP contribution in [0.3, 0.4) is 0 Å². The standard InChI is InChI=1S/C14H24N2O4/c1-10-8-12(4-7-20-10)15-9-13(17)16-5-2-11(3-6-16)14(18)19/h10-12,15H,2-9H2,1H3,(H,18,19). The highest BCUT2D eigenvalue weighted by Gasteiger charge is 2.27. The lowest BCUT2D eigenvalue weighted by atomic mass is 9.97. The van der Waals surface area contributed by atoms with Crippen LogP contribution in [-0.4, -0.2) is 60.3 Å². The second-order valence-electron chi connectivity index (χ2n) is 5.78. The Balaban J connectivity index is 1.69. The summed E-state index contributed by atoms with van der Waals surface area (Å²) in [7, 11) is 0. The number of rotatable bonds is 4. The zero-order valence-corrected chi connectivity index (χ0v) is 12.0. The van der Waals surface area contributed by atoms with E-state index in [4.69, 9.17) is 9.84 Å². The normalized spacial score (nSPS) is 28.4. The van der Waals surface area contributed by atoms with E-state index in [0.717, 1.165) is 19.4 Å². The Morgan fingerprint density at radius 2 is 2.00 bits per heavy atom.